The maximum atomic E-state index is 13.6. The van der Waals surface area contributed by atoms with Crippen LogP contribution in [0.15, 0.2) is 73.2 Å². The molecule has 1 fully saturated rings. The van der Waals surface area contributed by atoms with E-state index in [9.17, 15) is 22.8 Å². The number of anilines is 4. The molecule has 45 heavy (non-hydrogen) atoms. The van der Waals surface area contributed by atoms with Crippen molar-refractivity contribution in [1.29, 1.82) is 0 Å². The number of pyridine rings is 1. The molecule has 4 aromatic rings. The van der Waals surface area contributed by atoms with Crippen molar-refractivity contribution in [2.45, 2.75) is 39.2 Å². The summed E-state index contributed by atoms with van der Waals surface area (Å²) in [5, 5.41) is 6.47. The largest absolute Gasteiger partial charge is 0.443 e. The number of nitrogens with one attached hydrogen (secondary N) is 3. The lowest BCUT2D eigenvalue weighted by atomic mass is 9.95. The van der Waals surface area contributed by atoms with Crippen molar-refractivity contribution in [2.24, 2.45) is 5.92 Å². The van der Waals surface area contributed by atoms with Crippen molar-refractivity contribution in [3.05, 3.63) is 78.8 Å². The Morgan fingerprint density at radius 2 is 1.60 bits per heavy atom. The SMILES string of the molecule is CC(C)(C)OC(=O)n1ccc2ccc(NC(=O)c3cc(NS(C)(=O)=O)ccc3NC(=O)C3CCN(c4ccncc4)CC3)cc21. The predicted octanol–water partition coefficient (Wildman–Crippen LogP) is 5.30. The highest BCUT2D eigenvalue weighted by Crippen LogP contribution is 2.28. The number of aromatic nitrogens is 2. The fourth-order valence-corrected chi connectivity index (χ4v) is 5.74. The van der Waals surface area contributed by atoms with Crippen molar-refractivity contribution in [3.63, 3.8) is 0 Å². The van der Waals surface area contributed by atoms with E-state index in [4.69, 9.17) is 4.74 Å². The van der Waals surface area contributed by atoms with Gasteiger partial charge in [0.25, 0.3) is 5.91 Å². The number of sulfonamides is 1. The third-order valence-electron chi connectivity index (χ3n) is 7.26. The van der Waals surface area contributed by atoms with E-state index in [2.05, 4.69) is 25.2 Å². The minimum absolute atomic E-state index is 0.0637. The van der Waals surface area contributed by atoms with E-state index in [0.717, 1.165) is 17.3 Å². The Morgan fingerprint density at radius 1 is 0.911 bits per heavy atom. The van der Waals surface area contributed by atoms with Crippen LogP contribution in [0.4, 0.5) is 27.5 Å². The van der Waals surface area contributed by atoms with Gasteiger partial charge in [-0.2, -0.15) is 0 Å². The highest BCUT2D eigenvalue weighted by Gasteiger charge is 2.27. The van der Waals surface area contributed by atoms with E-state index in [-0.39, 0.29) is 28.8 Å². The third kappa shape index (κ3) is 7.98. The number of hydrogen-bond donors (Lipinski definition) is 3. The lowest BCUT2D eigenvalue weighted by Crippen LogP contribution is -2.38. The molecule has 0 unspecified atom stereocenters. The van der Waals surface area contributed by atoms with Crippen LogP contribution in [-0.4, -0.2) is 60.8 Å². The molecule has 13 heteroatoms. The molecule has 0 atom stereocenters. The number of fused-ring (bicyclic) bond motifs is 1. The van der Waals surface area contributed by atoms with Crippen molar-refractivity contribution in [1.82, 2.24) is 9.55 Å². The zero-order chi connectivity index (χ0) is 32.4. The molecular formula is C32H36N6O6S. The Bertz CT molecular complexity index is 1840. The van der Waals surface area contributed by atoms with Gasteiger partial charge in [-0.15, -0.1) is 0 Å². The Labute approximate surface area is 261 Å². The lowest BCUT2D eigenvalue weighted by Gasteiger charge is -2.33. The molecule has 0 saturated carbocycles. The molecule has 3 heterocycles. The number of ether oxygens (including phenoxy) is 1. The standard InChI is InChI=1S/C32H36N6O6S/c1-32(2,3)44-31(41)38-18-13-21-5-6-23(20-28(21)38)34-30(40)26-19-24(36-45(4,42)43)7-8-27(26)35-29(39)22-11-16-37(17-12-22)25-9-14-33-15-10-25/h5-10,13-15,18-20,22,36H,11-12,16-17H2,1-4H3,(H,34,40)(H,35,39). The van der Waals surface area contributed by atoms with Gasteiger partial charge >= 0.3 is 6.09 Å². The van der Waals surface area contributed by atoms with Gasteiger partial charge in [0.1, 0.15) is 5.60 Å². The van der Waals surface area contributed by atoms with Gasteiger partial charge in [0.15, 0.2) is 0 Å². The molecule has 2 amide bonds. The third-order valence-corrected chi connectivity index (χ3v) is 7.87. The molecule has 2 aromatic heterocycles. The fourth-order valence-electron chi connectivity index (χ4n) is 5.18. The summed E-state index contributed by atoms with van der Waals surface area (Å²) in [6, 6.07) is 15.1. The highest BCUT2D eigenvalue weighted by atomic mass is 32.2. The van der Waals surface area contributed by atoms with Crippen LogP contribution in [0.1, 0.15) is 44.0 Å². The molecule has 0 aliphatic carbocycles. The van der Waals surface area contributed by atoms with Crippen molar-refractivity contribution in [3.8, 4) is 0 Å². The smallest absolute Gasteiger partial charge is 0.418 e. The van der Waals surface area contributed by atoms with Crippen LogP contribution in [0, 0.1) is 5.92 Å². The lowest BCUT2D eigenvalue weighted by molar-refractivity contribution is -0.120. The number of nitrogens with zero attached hydrogens (tertiary/aromatic N) is 3. The van der Waals surface area contributed by atoms with Gasteiger partial charge in [-0.05, 0) is 82.1 Å². The number of piperidine rings is 1. The Kier molecular flexibility index (Phi) is 8.82. The number of carbonyl (C=O) groups is 3. The molecule has 1 aliphatic heterocycles. The van der Waals surface area contributed by atoms with Crippen LogP contribution in [0.2, 0.25) is 0 Å². The quantitative estimate of drug-likeness (QED) is 0.248. The summed E-state index contributed by atoms with van der Waals surface area (Å²) in [6.07, 6.45) is 6.77. The maximum Gasteiger partial charge on any atom is 0.418 e. The molecule has 236 valence electrons. The molecular weight excluding hydrogens is 596 g/mol. The van der Waals surface area contributed by atoms with Crippen molar-refractivity contribution in [2.75, 3.05) is 39.6 Å². The zero-order valence-electron chi connectivity index (χ0n) is 25.5. The van der Waals surface area contributed by atoms with E-state index < -0.39 is 27.6 Å². The molecule has 2 aromatic carbocycles. The van der Waals surface area contributed by atoms with E-state index in [1.54, 1.807) is 63.6 Å². The summed E-state index contributed by atoms with van der Waals surface area (Å²) in [5.74, 6) is -1.07. The number of benzene rings is 2. The topological polar surface area (TPSA) is 152 Å². The van der Waals surface area contributed by atoms with E-state index in [1.807, 2.05) is 12.1 Å². The van der Waals surface area contributed by atoms with Gasteiger partial charge in [-0.1, -0.05) is 6.07 Å². The number of carbonyl (C=O) groups excluding carboxylic acids is 3. The van der Waals surface area contributed by atoms with Crippen LogP contribution in [-0.2, 0) is 19.6 Å². The monoisotopic (exact) mass is 632 g/mol. The van der Waals surface area contributed by atoms with Gasteiger partial charge in [0.2, 0.25) is 15.9 Å². The van der Waals surface area contributed by atoms with Gasteiger partial charge in [0.05, 0.1) is 23.0 Å². The van der Waals surface area contributed by atoms with Crippen molar-refractivity contribution >= 4 is 61.6 Å². The highest BCUT2D eigenvalue weighted by molar-refractivity contribution is 7.92. The first-order valence-electron chi connectivity index (χ1n) is 14.5. The van der Waals surface area contributed by atoms with Gasteiger partial charge in [-0.25, -0.2) is 13.2 Å². The van der Waals surface area contributed by atoms with Crippen LogP contribution in [0.25, 0.3) is 10.9 Å². The van der Waals surface area contributed by atoms with E-state index in [0.29, 0.717) is 37.1 Å². The summed E-state index contributed by atoms with van der Waals surface area (Å²) < 4.78 is 33.1. The molecule has 1 saturated heterocycles. The fraction of sp³-hybridized carbons (Fsp3) is 0.312. The van der Waals surface area contributed by atoms with Gasteiger partial charge in [-0.3, -0.25) is 23.9 Å². The first kappa shape index (κ1) is 31.5. The summed E-state index contributed by atoms with van der Waals surface area (Å²) in [7, 11) is -3.63. The minimum Gasteiger partial charge on any atom is -0.443 e. The zero-order valence-corrected chi connectivity index (χ0v) is 26.3. The molecule has 0 bridgehead atoms. The van der Waals surface area contributed by atoms with Crippen LogP contribution >= 0.6 is 0 Å². The van der Waals surface area contributed by atoms with Crippen LogP contribution in [0.3, 0.4) is 0 Å². The van der Waals surface area contributed by atoms with Crippen LogP contribution in [0.5, 0.6) is 0 Å². The molecule has 0 radical (unpaired) electrons. The molecule has 1 aliphatic rings. The molecule has 12 nitrogen and oxygen atoms in total. The van der Waals surface area contributed by atoms with E-state index >= 15 is 0 Å². The number of rotatable bonds is 7. The summed E-state index contributed by atoms with van der Waals surface area (Å²) >= 11 is 0. The Morgan fingerprint density at radius 3 is 2.27 bits per heavy atom. The average Bonchev–Trinajstić information content (AvgIpc) is 3.40. The molecule has 3 N–H and O–H groups in total. The first-order valence-corrected chi connectivity index (χ1v) is 16.4. The number of amides is 2. The Balaban J connectivity index is 1.36. The molecule has 0 spiro atoms. The average molecular weight is 633 g/mol. The summed E-state index contributed by atoms with van der Waals surface area (Å²) in [5.41, 5.74) is 1.75. The summed E-state index contributed by atoms with van der Waals surface area (Å²) in [4.78, 5) is 46.0. The van der Waals surface area contributed by atoms with E-state index in [1.165, 1.54) is 22.8 Å². The minimum atomic E-state index is -3.63. The summed E-state index contributed by atoms with van der Waals surface area (Å²) in [6.45, 7) is 6.71. The van der Waals surface area contributed by atoms with Crippen LogP contribution < -0.4 is 20.3 Å². The second kappa shape index (κ2) is 12.6. The predicted molar refractivity (Wildman–Crippen MR) is 174 cm³/mol. The first-order chi connectivity index (χ1) is 21.3. The normalized spacial score (nSPS) is 14.2. The van der Waals surface area contributed by atoms with Gasteiger partial charge in [0, 0.05) is 60.0 Å². The second-order valence-electron chi connectivity index (χ2n) is 12.0. The Hall–Kier alpha value is -4.91. The number of hydrogen-bond acceptors (Lipinski definition) is 8. The maximum absolute atomic E-state index is 13.6. The second-order valence-corrected chi connectivity index (χ2v) is 13.7. The van der Waals surface area contributed by atoms with Gasteiger partial charge < -0.3 is 20.3 Å². The molecule has 5 rings (SSSR count). The van der Waals surface area contributed by atoms with Crippen molar-refractivity contribution < 1.29 is 27.5 Å².